The predicted molar refractivity (Wildman–Crippen MR) is 92.0 cm³/mol. The number of nitriles is 1. The number of nitrogens with zero attached hydrogens (tertiary/aromatic N) is 1. The van der Waals surface area contributed by atoms with Gasteiger partial charge in [-0.1, -0.05) is 29.3 Å². The largest absolute Gasteiger partial charge is 0.490 e. The molecule has 0 fully saturated rings. The molecule has 2 aromatic carbocycles. The summed E-state index contributed by atoms with van der Waals surface area (Å²) in [6, 6.07) is 10.7. The molecule has 0 aliphatic carbocycles. The van der Waals surface area contributed by atoms with Crippen LogP contribution in [0.15, 0.2) is 36.4 Å². The van der Waals surface area contributed by atoms with Crippen molar-refractivity contribution in [3.05, 3.63) is 57.6 Å². The Bertz CT molecular complexity index is 891. The maximum atomic E-state index is 12.3. The summed E-state index contributed by atoms with van der Waals surface area (Å²) >= 11 is 11.7. The van der Waals surface area contributed by atoms with E-state index < -0.39 is 10.1 Å². The second-order valence-corrected chi connectivity index (χ2v) is 7.13. The fraction of sp³-hybridized carbons (Fsp3) is 0.188. The quantitative estimate of drug-likeness (QED) is 0.697. The van der Waals surface area contributed by atoms with Gasteiger partial charge in [0.2, 0.25) is 0 Å². The third-order valence-corrected chi connectivity index (χ3v) is 4.78. The van der Waals surface area contributed by atoms with Crippen LogP contribution in [0.2, 0.25) is 10.0 Å². The van der Waals surface area contributed by atoms with Crippen LogP contribution in [0.5, 0.6) is 11.5 Å². The maximum Gasteiger partial charge on any atom is 0.313 e. The monoisotopic (exact) mass is 385 g/mol. The van der Waals surface area contributed by atoms with Gasteiger partial charge < -0.3 is 8.92 Å². The molecule has 24 heavy (non-hydrogen) atoms. The molecule has 0 heterocycles. The third-order valence-electron chi connectivity index (χ3n) is 2.92. The molecule has 0 N–H and O–H groups in total. The van der Waals surface area contributed by atoms with E-state index >= 15 is 0 Å². The molecule has 0 unspecified atom stereocenters. The molecule has 0 amide bonds. The molecule has 0 saturated carbocycles. The van der Waals surface area contributed by atoms with E-state index in [1.165, 1.54) is 30.3 Å². The number of benzene rings is 2. The van der Waals surface area contributed by atoms with Crippen LogP contribution in [0, 0.1) is 11.3 Å². The van der Waals surface area contributed by atoms with E-state index in [0.29, 0.717) is 22.8 Å². The summed E-state index contributed by atoms with van der Waals surface area (Å²) in [5.41, 5.74) is 0.781. The van der Waals surface area contributed by atoms with E-state index in [1.807, 2.05) is 6.07 Å². The summed E-state index contributed by atoms with van der Waals surface area (Å²) in [5.74, 6) is -0.166. The molecule has 2 rings (SSSR count). The lowest BCUT2D eigenvalue weighted by Crippen LogP contribution is -2.13. The summed E-state index contributed by atoms with van der Waals surface area (Å²) < 4.78 is 35.0. The lowest BCUT2D eigenvalue weighted by molar-refractivity contribution is 0.327. The summed E-state index contributed by atoms with van der Waals surface area (Å²) in [7, 11) is -3.94. The van der Waals surface area contributed by atoms with Crippen molar-refractivity contribution < 1.29 is 17.3 Å². The second-order valence-electron chi connectivity index (χ2n) is 4.74. The van der Waals surface area contributed by atoms with Gasteiger partial charge >= 0.3 is 10.1 Å². The summed E-state index contributed by atoms with van der Waals surface area (Å²) in [5, 5.41) is 9.51. The molecule has 0 aromatic heterocycles. The molecular weight excluding hydrogens is 373 g/mol. The number of rotatable bonds is 6. The zero-order valence-corrected chi connectivity index (χ0v) is 15.0. The van der Waals surface area contributed by atoms with Gasteiger partial charge in [-0.05, 0) is 36.8 Å². The van der Waals surface area contributed by atoms with E-state index in [1.54, 1.807) is 13.0 Å². The first-order valence-corrected chi connectivity index (χ1v) is 9.21. The first-order valence-electron chi connectivity index (χ1n) is 6.87. The maximum absolute atomic E-state index is 12.3. The molecular formula is C16H13Cl2NO4S. The predicted octanol–water partition coefficient (Wildman–Crippen LogP) is 4.17. The van der Waals surface area contributed by atoms with Crippen molar-refractivity contribution in [1.82, 2.24) is 0 Å². The molecule has 0 aliphatic heterocycles. The zero-order valence-electron chi connectivity index (χ0n) is 12.6. The lowest BCUT2D eigenvalue weighted by atomic mass is 10.2. The van der Waals surface area contributed by atoms with Gasteiger partial charge in [0, 0.05) is 6.07 Å². The highest BCUT2D eigenvalue weighted by molar-refractivity contribution is 7.86. The van der Waals surface area contributed by atoms with Crippen LogP contribution in [0.3, 0.4) is 0 Å². The van der Waals surface area contributed by atoms with Gasteiger partial charge in [0.15, 0.2) is 11.5 Å². The van der Waals surface area contributed by atoms with Crippen molar-refractivity contribution in [1.29, 1.82) is 5.26 Å². The molecule has 8 heteroatoms. The van der Waals surface area contributed by atoms with Crippen molar-refractivity contribution in [3.63, 3.8) is 0 Å². The molecule has 0 aliphatic rings. The van der Waals surface area contributed by atoms with Crippen LogP contribution >= 0.6 is 23.2 Å². The van der Waals surface area contributed by atoms with Crippen molar-refractivity contribution in [3.8, 4) is 17.6 Å². The molecule has 2 aromatic rings. The SMILES string of the molecule is CCOc1cc(C#N)ccc1OS(=O)(=O)Cc1ccc(Cl)c(Cl)c1. The summed E-state index contributed by atoms with van der Waals surface area (Å²) in [6.45, 7) is 2.05. The van der Waals surface area contributed by atoms with Gasteiger partial charge in [-0.3, -0.25) is 0 Å². The van der Waals surface area contributed by atoms with Crippen LogP contribution < -0.4 is 8.92 Å². The molecule has 126 valence electrons. The van der Waals surface area contributed by atoms with Crippen LogP contribution in [0.25, 0.3) is 0 Å². The van der Waals surface area contributed by atoms with Gasteiger partial charge in [0.25, 0.3) is 0 Å². The summed E-state index contributed by atoms with van der Waals surface area (Å²) in [4.78, 5) is 0. The van der Waals surface area contributed by atoms with E-state index in [4.69, 9.17) is 37.4 Å². The highest BCUT2D eigenvalue weighted by Crippen LogP contribution is 2.30. The van der Waals surface area contributed by atoms with Gasteiger partial charge in [-0.15, -0.1) is 0 Å². The Kier molecular flexibility index (Phi) is 5.94. The fourth-order valence-electron chi connectivity index (χ4n) is 1.91. The van der Waals surface area contributed by atoms with Gasteiger partial charge in [-0.2, -0.15) is 13.7 Å². The minimum atomic E-state index is -3.94. The third kappa shape index (κ3) is 4.78. The molecule has 0 spiro atoms. The Morgan fingerprint density at radius 1 is 1.08 bits per heavy atom. The van der Waals surface area contributed by atoms with Gasteiger partial charge in [-0.25, -0.2) is 0 Å². The molecule has 0 atom stereocenters. The van der Waals surface area contributed by atoms with Crippen molar-refractivity contribution >= 4 is 33.3 Å². The Labute approximate surface area is 150 Å². The average Bonchev–Trinajstić information content (AvgIpc) is 2.52. The van der Waals surface area contributed by atoms with Crippen molar-refractivity contribution in [2.75, 3.05) is 6.61 Å². The van der Waals surface area contributed by atoms with E-state index in [2.05, 4.69) is 0 Å². The Morgan fingerprint density at radius 3 is 2.46 bits per heavy atom. The fourth-order valence-corrected chi connectivity index (χ4v) is 3.29. The van der Waals surface area contributed by atoms with Crippen LogP contribution in [0.1, 0.15) is 18.1 Å². The molecule has 0 saturated heterocycles. The first-order chi connectivity index (χ1) is 11.3. The molecule has 5 nitrogen and oxygen atoms in total. The molecule has 0 bridgehead atoms. The Hall–Kier alpha value is -1.94. The van der Waals surface area contributed by atoms with Gasteiger partial charge in [0.1, 0.15) is 5.75 Å². The Morgan fingerprint density at radius 2 is 1.83 bits per heavy atom. The number of halogens is 2. The Balaban J connectivity index is 2.25. The van der Waals surface area contributed by atoms with Crippen LogP contribution in [0.4, 0.5) is 0 Å². The number of hydrogen-bond acceptors (Lipinski definition) is 5. The average molecular weight is 386 g/mol. The standard InChI is InChI=1S/C16H13Cl2NO4S/c1-2-22-16-8-11(9-19)4-6-15(16)23-24(20,21)10-12-3-5-13(17)14(18)7-12/h3-8H,2,10H2,1H3. The minimum Gasteiger partial charge on any atom is -0.490 e. The first kappa shape index (κ1) is 18.4. The summed E-state index contributed by atoms with van der Waals surface area (Å²) in [6.07, 6.45) is 0. The second kappa shape index (κ2) is 7.75. The van der Waals surface area contributed by atoms with Gasteiger partial charge in [0.05, 0.1) is 28.3 Å². The lowest BCUT2D eigenvalue weighted by Gasteiger charge is -2.12. The smallest absolute Gasteiger partial charge is 0.313 e. The van der Waals surface area contributed by atoms with E-state index in [0.717, 1.165) is 0 Å². The number of ether oxygens (including phenoxy) is 1. The molecule has 0 radical (unpaired) electrons. The zero-order chi connectivity index (χ0) is 17.7. The van der Waals surface area contributed by atoms with Crippen molar-refractivity contribution in [2.24, 2.45) is 0 Å². The normalized spacial score (nSPS) is 10.9. The topological polar surface area (TPSA) is 76.4 Å². The van der Waals surface area contributed by atoms with Crippen LogP contribution in [-0.4, -0.2) is 15.0 Å². The van der Waals surface area contributed by atoms with E-state index in [-0.39, 0.29) is 22.3 Å². The van der Waals surface area contributed by atoms with Crippen LogP contribution in [-0.2, 0) is 15.9 Å². The van der Waals surface area contributed by atoms with E-state index in [9.17, 15) is 8.42 Å². The highest BCUT2D eigenvalue weighted by atomic mass is 35.5. The highest BCUT2D eigenvalue weighted by Gasteiger charge is 2.18. The van der Waals surface area contributed by atoms with Crippen molar-refractivity contribution in [2.45, 2.75) is 12.7 Å². The minimum absolute atomic E-state index is 0.0240. The number of hydrogen-bond donors (Lipinski definition) is 0.